The molecule has 0 unspecified atom stereocenters. The second kappa shape index (κ2) is 9.64. The first kappa shape index (κ1) is 22.7. The normalized spacial score (nSPS) is 11.0. The molecule has 0 aliphatic heterocycles. The van der Waals surface area contributed by atoms with E-state index in [0.29, 0.717) is 22.5 Å². The molecule has 5 rings (SSSR count). The summed E-state index contributed by atoms with van der Waals surface area (Å²) < 4.78 is 5.40. The Kier molecular flexibility index (Phi) is 6.25. The number of thiazole rings is 1. The Bertz CT molecular complexity index is 1570. The zero-order chi connectivity index (χ0) is 24.4. The molecule has 0 spiro atoms. The number of fused-ring (bicyclic) bond motifs is 2. The number of anilines is 1. The van der Waals surface area contributed by atoms with E-state index in [1.807, 2.05) is 67.8 Å². The predicted octanol–water partition coefficient (Wildman–Crippen LogP) is 6.18. The molecule has 2 aromatic heterocycles. The van der Waals surface area contributed by atoms with Crippen LogP contribution in [0.4, 0.5) is 5.13 Å². The van der Waals surface area contributed by atoms with Crippen molar-refractivity contribution < 1.29 is 14.3 Å². The maximum atomic E-state index is 13.0. The SMILES string of the molecule is CCc1nc2ccccc2c(C(=O)OCC(=O)Nc2nc(-c3cccc4ccccc34)cs2)c1C. The number of carbonyl (C=O) groups excluding carboxylic acids is 2. The summed E-state index contributed by atoms with van der Waals surface area (Å²) in [6, 6.07) is 21.6. The summed E-state index contributed by atoms with van der Waals surface area (Å²) >= 11 is 1.33. The van der Waals surface area contributed by atoms with Crippen molar-refractivity contribution in [1.82, 2.24) is 9.97 Å². The van der Waals surface area contributed by atoms with E-state index in [-0.39, 0.29) is 0 Å². The molecule has 1 N–H and O–H groups in total. The van der Waals surface area contributed by atoms with Crippen LogP contribution >= 0.6 is 11.3 Å². The fourth-order valence-electron chi connectivity index (χ4n) is 4.23. The van der Waals surface area contributed by atoms with Gasteiger partial charge < -0.3 is 4.74 Å². The van der Waals surface area contributed by atoms with Gasteiger partial charge in [-0.05, 0) is 35.7 Å². The molecule has 0 aliphatic rings. The smallest absolute Gasteiger partial charge is 0.339 e. The van der Waals surface area contributed by atoms with Gasteiger partial charge in [-0.3, -0.25) is 15.1 Å². The average molecular weight is 482 g/mol. The summed E-state index contributed by atoms with van der Waals surface area (Å²) in [6.07, 6.45) is 0.695. The van der Waals surface area contributed by atoms with E-state index in [9.17, 15) is 9.59 Å². The number of nitrogens with one attached hydrogen (secondary N) is 1. The first-order valence-corrected chi connectivity index (χ1v) is 12.2. The molecule has 3 aromatic carbocycles. The lowest BCUT2D eigenvalue weighted by Gasteiger charge is -2.13. The highest BCUT2D eigenvalue weighted by molar-refractivity contribution is 7.14. The number of hydrogen-bond acceptors (Lipinski definition) is 6. The topological polar surface area (TPSA) is 81.2 Å². The van der Waals surface area contributed by atoms with Crippen molar-refractivity contribution in [3.05, 3.63) is 88.9 Å². The van der Waals surface area contributed by atoms with Crippen LogP contribution in [-0.4, -0.2) is 28.5 Å². The van der Waals surface area contributed by atoms with Gasteiger partial charge in [-0.2, -0.15) is 0 Å². The minimum absolute atomic E-state index is 0.403. The highest BCUT2D eigenvalue weighted by atomic mass is 32.1. The predicted molar refractivity (Wildman–Crippen MR) is 140 cm³/mol. The van der Waals surface area contributed by atoms with Gasteiger partial charge in [0, 0.05) is 22.0 Å². The van der Waals surface area contributed by atoms with Crippen molar-refractivity contribution in [2.75, 3.05) is 11.9 Å². The fourth-order valence-corrected chi connectivity index (χ4v) is 4.95. The van der Waals surface area contributed by atoms with Crippen LogP contribution < -0.4 is 5.32 Å². The van der Waals surface area contributed by atoms with Crippen LogP contribution in [0.3, 0.4) is 0 Å². The van der Waals surface area contributed by atoms with Gasteiger partial charge in [0.25, 0.3) is 5.91 Å². The van der Waals surface area contributed by atoms with E-state index >= 15 is 0 Å². The van der Waals surface area contributed by atoms with Gasteiger partial charge in [0.15, 0.2) is 11.7 Å². The molecule has 35 heavy (non-hydrogen) atoms. The summed E-state index contributed by atoms with van der Waals surface area (Å²) in [5, 5.41) is 8.03. The molecular formula is C28H23N3O3S. The highest BCUT2D eigenvalue weighted by Crippen LogP contribution is 2.31. The molecule has 174 valence electrons. The van der Waals surface area contributed by atoms with Crippen molar-refractivity contribution in [3.63, 3.8) is 0 Å². The average Bonchev–Trinajstić information content (AvgIpc) is 3.34. The maximum Gasteiger partial charge on any atom is 0.339 e. The molecule has 0 bridgehead atoms. The monoisotopic (exact) mass is 481 g/mol. The number of benzene rings is 3. The number of rotatable bonds is 6. The molecular weight excluding hydrogens is 458 g/mol. The second-order valence-corrected chi connectivity index (χ2v) is 8.98. The third-order valence-electron chi connectivity index (χ3n) is 5.93. The van der Waals surface area contributed by atoms with Crippen molar-refractivity contribution in [3.8, 4) is 11.3 Å². The molecule has 5 aromatic rings. The number of hydrogen-bond donors (Lipinski definition) is 1. The number of ether oxygens (including phenoxy) is 1. The number of carbonyl (C=O) groups is 2. The Labute approximate surface area is 206 Å². The van der Waals surface area contributed by atoms with E-state index < -0.39 is 18.5 Å². The van der Waals surface area contributed by atoms with Gasteiger partial charge in [0.2, 0.25) is 0 Å². The van der Waals surface area contributed by atoms with Crippen molar-refractivity contribution in [2.24, 2.45) is 0 Å². The molecule has 0 fully saturated rings. The van der Waals surface area contributed by atoms with Crippen LogP contribution in [0.5, 0.6) is 0 Å². The third kappa shape index (κ3) is 4.50. The molecule has 7 heteroatoms. The maximum absolute atomic E-state index is 13.0. The standard InChI is InChI=1S/C28H23N3O3S/c1-3-22-17(2)26(21-12-6-7-14-23(21)29-22)27(33)34-15-25(32)31-28-30-24(16-35-28)20-13-8-10-18-9-4-5-11-19(18)20/h4-14,16H,3,15H2,1-2H3,(H,30,31,32). The summed E-state index contributed by atoms with van der Waals surface area (Å²) in [6.45, 7) is 3.45. The van der Waals surface area contributed by atoms with Gasteiger partial charge in [-0.25, -0.2) is 9.78 Å². The van der Waals surface area contributed by atoms with E-state index in [1.54, 1.807) is 0 Å². The number of esters is 1. The largest absolute Gasteiger partial charge is 0.452 e. The number of aromatic nitrogens is 2. The molecule has 6 nitrogen and oxygen atoms in total. The third-order valence-corrected chi connectivity index (χ3v) is 6.68. The summed E-state index contributed by atoms with van der Waals surface area (Å²) in [5.74, 6) is -0.981. The van der Waals surface area contributed by atoms with Crippen molar-refractivity contribution in [2.45, 2.75) is 20.3 Å². The van der Waals surface area contributed by atoms with E-state index in [2.05, 4.69) is 33.5 Å². The molecule has 0 saturated carbocycles. The molecule has 0 aliphatic carbocycles. The minimum Gasteiger partial charge on any atom is -0.452 e. The van der Waals surface area contributed by atoms with Gasteiger partial charge in [0.1, 0.15) is 0 Å². The van der Waals surface area contributed by atoms with Crippen LogP contribution in [0.15, 0.2) is 72.1 Å². The van der Waals surface area contributed by atoms with Crippen LogP contribution in [0, 0.1) is 6.92 Å². The fraction of sp³-hybridized carbons (Fsp3) is 0.143. The Balaban J connectivity index is 1.30. The van der Waals surface area contributed by atoms with Crippen molar-refractivity contribution in [1.29, 1.82) is 0 Å². The van der Waals surface area contributed by atoms with E-state index in [4.69, 9.17) is 4.74 Å². The summed E-state index contributed by atoms with van der Waals surface area (Å²) in [5.41, 5.74) is 4.58. The van der Waals surface area contributed by atoms with Crippen LogP contribution in [0.2, 0.25) is 0 Å². The Morgan fingerprint density at radius 2 is 1.69 bits per heavy atom. The summed E-state index contributed by atoms with van der Waals surface area (Å²) in [7, 11) is 0. The first-order chi connectivity index (χ1) is 17.0. The van der Waals surface area contributed by atoms with Gasteiger partial charge in [-0.1, -0.05) is 67.6 Å². The number of aryl methyl sites for hydroxylation is 1. The van der Waals surface area contributed by atoms with E-state index in [1.165, 1.54) is 11.3 Å². The zero-order valence-electron chi connectivity index (χ0n) is 19.4. The van der Waals surface area contributed by atoms with Gasteiger partial charge >= 0.3 is 5.97 Å². The van der Waals surface area contributed by atoms with Crippen LogP contribution in [0.25, 0.3) is 32.9 Å². The van der Waals surface area contributed by atoms with Gasteiger partial charge in [0.05, 0.1) is 16.8 Å². The lowest BCUT2D eigenvalue weighted by molar-refractivity contribution is -0.119. The first-order valence-electron chi connectivity index (χ1n) is 11.3. The number of pyridine rings is 1. The Hall–Kier alpha value is -4.10. The lowest BCUT2D eigenvalue weighted by Crippen LogP contribution is -2.21. The van der Waals surface area contributed by atoms with Crippen LogP contribution in [-0.2, 0) is 16.0 Å². The molecule has 1 amide bonds. The highest BCUT2D eigenvalue weighted by Gasteiger charge is 2.20. The van der Waals surface area contributed by atoms with Crippen LogP contribution in [0.1, 0.15) is 28.5 Å². The van der Waals surface area contributed by atoms with Gasteiger partial charge in [-0.15, -0.1) is 11.3 Å². The number of amides is 1. The summed E-state index contributed by atoms with van der Waals surface area (Å²) in [4.78, 5) is 34.7. The second-order valence-electron chi connectivity index (χ2n) is 8.12. The molecule has 0 saturated heterocycles. The quantitative estimate of drug-likeness (QED) is 0.293. The minimum atomic E-state index is -0.540. The molecule has 0 radical (unpaired) electrons. The molecule has 2 heterocycles. The molecule has 0 atom stereocenters. The van der Waals surface area contributed by atoms with Crippen molar-refractivity contribution >= 4 is 50.0 Å². The Morgan fingerprint density at radius 3 is 2.51 bits per heavy atom. The lowest BCUT2D eigenvalue weighted by atomic mass is 10.0. The number of para-hydroxylation sites is 1. The zero-order valence-corrected chi connectivity index (χ0v) is 20.2. The number of nitrogens with zero attached hydrogens (tertiary/aromatic N) is 2. The van der Waals surface area contributed by atoms with E-state index in [0.717, 1.165) is 38.8 Å². The Morgan fingerprint density at radius 1 is 0.943 bits per heavy atom.